The molecule has 1 aliphatic rings. The van der Waals surface area contributed by atoms with Crippen LogP contribution in [-0.4, -0.2) is 43.9 Å². The van der Waals surface area contributed by atoms with Gasteiger partial charge in [-0.3, -0.25) is 4.79 Å². The summed E-state index contributed by atoms with van der Waals surface area (Å²) in [6.45, 7) is 2.82. The van der Waals surface area contributed by atoms with Gasteiger partial charge >= 0.3 is 0 Å². The zero-order valence-corrected chi connectivity index (χ0v) is 20.3. The second-order valence-corrected chi connectivity index (χ2v) is 8.93. The van der Waals surface area contributed by atoms with Crippen molar-refractivity contribution >= 4 is 17.3 Å². The first-order valence-electron chi connectivity index (χ1n) is 12.3. The van der Waals surface area contributed by atoms with Gasteiger partial charge in [0.2, 0.25) is 5.91 Å². The first-order chi connectivity index (χ1) is 17.6. The molecule has 36 heavy (non-hydrogen) atoms. The number of ether oxygens (including phenoxy) is 1. The Morgan fingerprint density at radius 3 is 2.61 bits per heavy atom. The predicted octanol–water partition coefficient (Wildman–Crippen LogP) is 4.04. The Morgan fingerprint density at radius 1 is 1.08 bits per heavy atom. The monoisotopic (exact) mass is 484 g/mol. The summed E-state index contributed by atoms with van der Waals surface area (Å²) in [7, 11) is 0. The third-order valence-electron chi connectivity index (χ3n) is 6.31. The van der Waals surface area contributed by atoms with E-state index in [4.69, 9.17) is 9.84 Å². The number of hydrogen-bond acceptors (Lipinski definition) is 6. The number of nitrogens with one attached hydrogen (secondary N) is 2. The van der Waals surface area contributed by atoms with Gasteiger partial charge in [0.1, 0.15) is 12.4 Å². The Bertz CT molecular complexity index is 1180. The van der Waals surface area contributed by atoms with E-state index in [0.717, 1.165) is 42.9 Å². The summed E-state index contributed by atoms with van der Waals surface area (Å²) in [5.41, 5.74) is 4.35. The first-order valence-corrected chi connectivity index (χ1v) is 12.3. The third kappa shape index (κ3) is 7.08. The van der Waals surface area contributed by atoms with Crippen molar-refractivity contribution in [3.8, 4) is 11.8 Å². The maximum Gasteiger partial charge on any atom is 0.243 e. The Kier molecular flexibility index (Phi) is 8.92. The molecule has 1 saturated heterocycles. The topological polar surface area (TPSA) is 97.6 Å². The molecular weight excluding hydrogens is 452 g/mol. The van der Waals surface area contributed by atoms with Gasteiger partial charge in [0.15, 0.2) is 0 Å². The van der Waals surface area contributed by atoms with Crippen LogP contribution in [0.5, 0.6) is 5.75 Å². The number of amides is 1. The van der Waals surface area contributed by atoms with Crippen molar-refractivity contribution < 1.29 is 14.6 Å². The number of carbonyl (C=O) groups is 1. The van der Waals surface area contributed by atoms with E-state index in [1.54, 1.807) is 12.1 Å². The van der Waals surface area contributed by atoms with Crippen LogP contribution < -0.4 is 20.3 Å². The minimum atomic E-state index is -0.139. The van der Waals surface area contributed by atoms with Gasteiger partial charge < -0.3 is 25.4 Å². The molecule has 7 heteroatoms. The quantitative estimate of drug-likeness (QED) is 0.402. The van der Waals surface area contributed by atoms with Crippen LogP contribution in [0.2, 0.25) is 0 Å². The molecule has 0 unspecified atom stereocenters. The Hall–Kier alpha value is -3.86. The Morgan fingerprint density at radius 2 is 1.86 bits per heavy atom. The maximum atomic E-state index is 13.1. The van der Waals surface area contributed by atoms with Gasteiger partial charge in [0.05, 0.1) is 24.8 Å². The van der Waals surface area contributed by atoms with E-state index >= 15 is 0 Å². The molecule has 0 radical (unpaired) electrons. The Labute approximate surface area is 212 Å². The van der Waals surface area contributed by atoms with Gasteiger partial charge in [-0.15, -0.1) is 0 Å². The molecule has 0 atom stereocenters. The van der Waals surface area contributed by atoms with Crippen molar-refractivity contribution in [3.05, 3.63) is 89.5 Å². The highest BCUT2D eigenvalue weighted by Crippen LogP contribution is 2.26. The molecule has 7 nitrogen and oxygen atoms in total. The summed E-state index contributed by atoms with van der Waals surface area (Å²) < 4.78 is 5.54. The van der Waals surface area contributed by atoms with E-state index < -0.39 is 0 Å². The molecule has 0 saturated carbocycles. The maximum absolute atomic E-state index is 13.1. The summed E-state index contributed by atoms with van der Waals surface area (Å²) >= 11 is 0. The second-order valence-electron chi connectivity index (χ2n) is 8.93. The fourth-order valence-corrected chi connectivity index (χ4v) is 4.50. The molecule has 1 amide bonds. The number of nitrogens with zero attached hydrogens (tertiary/aromatic N) is 2. The lowest BCUT2D eigenvalue weighted by Crippen LogP contribution is -2.33. The number of piperidine rings is 1. The normalized spacial score (nSPS) is 13.6. The molecule has 1 fully saturated rings. The van der Waals surface area contributed by atoms with Crippen LogP contribution in [0.1, 0.15) is 35.4 Å². The average molecular weight is 485 g/mol. The van der Waals surface area contributed by atoms with Crippen LogP contribution in [0, 0.1) is 11.3 Å². The second kappa shape index (κ2) is 12.7. The van der Waals surface area contributed by atoms with Crippen LogP contribution in [0.4, 0.5) is 11.4 Å². The van der Waals surface area contributed by atoms with Crippen LogP contribution in [0.15, 0.2) is 72.8 Å². The highest BCUT2D eigenvalue weighted by atomic mass is 16.5. The van der Waals surface area contributed by atoms with Crippen LogP contribution in [-0.2, 0) is 11.3 Å². The number of rotatable bonds is 10. The lowest BCUT2D eigenvalue weighted by atomic mass is 9.90. The molecule has 1 heterocycles. The van der Waals surface area contributed by atoms with E-state index in [0.29, 0.717) is 23.8 Å². The molecule has 0 bridgehead atoms. The summed E-state index contributed by atoms with van der Waals surface area (Å²) in [5, 5.41) is 24.8. The molecule has 0 aromatic heterocycles. The van der Waals surface area contributed by atoms with Crippen LogP contribution in [0.25, 0.3) is 0 Å². The number of nitriles is 1. The van der Waals surface area contributed by atoms with Gasteiger partial charge in [-0.25, -0.2) is 0 Å². The van der Waals surface area contributed by atoms with Crippen LogP contribution >= 0.6 is 0 Å². The van der Waals surface area contributed by atoms with E-state index in [2.05, 4.69) is 28.8 Å². The SMILES string of the molecule is N#Cc1cccc(N(CC(=O)Nc2ccc(C3CCNCC3)cc2)Cc2cccc(OCCO)c2)c1. The number of hydrogen-bond donors (Lipinski definition) is 3. The fourth-order valence-electron chi connectivity index (χ4n) is 4.50. The van der Waals surface area contributed by atoms with Gasteiger partial charge in [0.25, 0.3) is 0 Å². The zero-order valence-electron chi connectivity index (χ0n) is 20.3. The van der Waals surface area contributed by atoms with Gasteiger partial charge in [-0.05, 0) is 85.4 Å². The molecular formula is C29H32N4O3. The number of benzene rings is 3. The predicted molar refractivity (Wildman–Crippen MR) is 141 cm³/mol. The molecule has 3 aromatic rings. The smallest absolute Gasteiger partial charge is 0.243 e. The number of anilines is 2. The molecule has 1 aliphatic heterocycles. The third-order valence-corrected chi connectivity index (χ3v) is 6.31. The number of carbonyl (C=O) groups excluding carboxylic acids is 1. The van der Waals surface area contributed by atoms with E-state index in [-0.39, 0.29) is 25.7 Å². The van der Waals surface area contributed by atoms with Crippen molar-refractivity contribution in [1.82, 2.24) is 5.32 Å². The first kappa shape index (κ1) is 25.2. The zero-order chi connectivity index (χ0) is 25.2. The minimum Gasteiger partial charge on any atom is -0.491 e. The van der Waals surface area contributed by atoms with Crippen molar-refractivity contribution in [2.75, 3.05) is 43.1 Å². The molecule has 3 aromatic carbocycles. The molecule has 0 aliphatic carbocycles. The molecule has 186 valence electrons. The highest BCUT2D eigenvalue weighted by Gasteiger charge is 2.16. The van der Waals surface area contributed by atoms with E-state index in [1.165, 1.54) is 5.56 Å². The molecule has 4 rings (SSSR count). The van der Waals surface area contributed by atoms with E-state index in [9.17, 15) is 10.1 Å². The van der Waals surface area contributed by atoms with Gasteiger partial charge in [0, 0.05) is 17.9 Å². The number of aliphatic hydroxyl groups excluding tert-OH is 1. The number of aliphatic hydroxyl groups is 1. The standard InChI is InChI=1S/C29H32N4O3/c30-19-22-3-1-5-27(17-22)33(20-23-4-2-6-28(18-23)36-16-15-34)21-29(35)32-26-9-7-24(8-10-26)25-11-13-31-14-12-25/h1-10,17-18,25,31,34H,11-16,20-21H2,(H,32,35). The lowest BCUT2D eigenvalue weighted by molar-refractivity contribution is -0.115. The highest BCUT2D eigenvalue weighted by molar-refractivity contribution is 5.94. The largest absolute Gasteiger partial charge is 0.491 e. The summed E-state index contributed by atoms with van der Waals surface area (Å²) in [6, 6.07) is 25.2. The van der Waals surface area contributed by atoms with Crippen molar-refractivity contribution in [2.45, 2.75) is 25.3 Å². The van der Waals surface area contributed by atoms with E-state index in [1.807, 2.05) is 53.4 Å². The fraction of sp³-hybridized carbons (Fsp3) is 0.310. The molecule has 3 N–H and O–H groups in total. The minimum absolute atomic E-state index is 0.0592. The van der Waals surface area contributed by atoms with Gasteiger partial charge in [-0.1, -0.05) is 30.3 Å². The Balaban J connectivity index is 1.46. The summed E-state index contributed by atoms with van der Waals surface area (Å²) in [6.07, 6.45) is 2.27. The molecule has 0 spiro atoms. The lowest BCUT2D eigenvalue weighted by Gasteiger charge is -2.25. The van der Waals surface area contributed by atoms with Crippen molar-refractivity contribution in [3.63, 3.8) is 0 Å². The van der Waals surface area contributed by atoms with Crippen molar-refractivity contribution in [2.24, 2.45) is 0 Å². The average Bonchev–Trinajstić information content (AvgIpc) is 2.92. The van der Waals surface area contributed by atoms with Crippen LogP contribution in [0.3, 0.4) is 0 Å². The van der Waals surface area contributed by atoms with Gasteiger partial charge in [-0.2, -0.15) is 5.26 Å². The van der Waals surface area contributed by atoms with Crippen molar-refractivity contribution in [1.29, 1.82) is 5.26 Å². The summed E-state index contributed by atoms with van der Waals surface area (Å²) in [5.74, 6) is 1.08. The summed E-state index contributed by atoms with van der Waals surface area (Å²) in [4.78, 5) is 15.0.